The Hall–Kier alpha value is -4.05. The van der Waals surface area contributed by atoms with E-state index in [-0.39, 0.29) is 10.8 Å². The number of anilines is 2. The highest BCUT2D eigenvalue weighted by molar-refractivity contribution is 7.92. The molecule has 0 atom stereocenters. The van der Waals surface area contributed by atoms with Gasteiger partial charge < -0.3 is 5.32 Å². The van der Waals surface area contributed by atoms with Crippen molar-refractivity contribution < 1.29 is 13.2 Å². The molecule has 0 unspecified atom stereocenters. The van der Waals surface area contributed by atoms with Crippen molar-refractivity contribution in [2.45, 2.75) is 30.7 Å². The van der Waals surface area contributed by atoms with E-state index in [1.165, 1.54) is 11.4 Å². The summed E-state index contributed by atoms with van der Waals surface area (Å²) < 4.78 is 28.9. The van der Waals surface area contributed by atoms with Crippen molar-refractivity contribution in [2.75, 3.05) is 16.7 Å². The Bertz CT molecular complexity index is 1480. The number of sulfonamides is 1. The van der Waals surface area contributed by atoms with E-state index in [0.29, 0.717) is 28.8 Å². The van der Waals surface area contributed by atoms with Gasteiger partial charge in [-0.25, -0.2) is 13.1 Å². The van der Waals surface area contributed by atoms with Gasteiger partial charge in [0.05, 0.1) is 16.6 Å². The number of aryl methyl sites for hydroxylation is 1. The second kappa shape index (κ2) is 8.95. The number of nitrogens with zero attached hydrogens (tertiary/aromatic N) is 5. The van der Waals surface area contributed by atoms with Crippen LogP contribution in [0.25, 0.3) is 11.4 Å². The normalized spacial score (nSPS) is 13.4. The first-order valence-electron chi connectivity index (χ1n) is 11.2. The Balaban J connectivity index is 1.30. The van der Waals surface area contributed by atoms with Gasteiger partial charge in [0.1, 0.15) is 0 Å². The largest absolute Gasteiger partial charge is 0.322 e. The number of carbonyl (C=O) groups excluding carboxylic acids is 1. The van der Waals surface area contributed by atoms with Crippen molar-refractivity contribution in [1.29, 1.82) is 0 Å². The lowest BCUT2D eigenvalue weighted by Gasteiger charge is -2.20. The number of rotatable bonds is 7. The molecule has 4 aromatic rings. The van der Waals surface area contributed by atoms with Gasteiger partial charge in [0, 0.05) is 23.9 Å². The van der Waals surface area contributed by atoms with Crippen LogP contribution in [0.1, 0.15) is 34.8 Å². The smallest absolute Gasteiger partial charge is 0.264 e. The van der Waals surface area contributed by atoms with Gasteiger partial charge in [-0.05, 0) is 78.7 Å². The Morgan fingerprint density at radius 3 is 2.43 bits per heavy atom. The molecule has 0 saturated heterocycles. The highest BCUT2D eigenvalue weighted by atomic mass is 32.2. The standard InChI is InChI=1S/C25H24N6O3S/c1-17-6-14-23(15-7-17)35(33,34)30(2)21-10-8-18(9-11-21)25(32)26-20-5-3-4-19(16-20)24-27-28-29-31(24)22-12-13-22/h3-11,14-16,22H,12-13H2,1-2H3,(H,26,32). The zero-order chi connectivity index (χ0) is 24.6. The third-order valence-electron chi connectivity index (χ3n) is 5.94. The molecule has 1 saturated carbocycles. The lowest BCUT2D eigenvalue weighted by atomic mass is 10.1. The average Bonchev–Trinajstić information content (AvgIpc) is 3.60. The molecule has 10 heteroatoms. The van der Waals surface area contributed by atoms with Crippen molar-refractivity contribution in [3.8, 4) is 11.4 Å². The van der Waals surface area contributed by atoms with Crippen LogP contribution in [0.2, 0.25) is 0 Å². The van der Waals surface area contributed by atoms with Crippen molar-refractivity contribution in [1.82, 2.24) is 20.2 Å². The summed E-state index contributed by atoms with van der Waals surface area (Å²) >= 11 is 0. The quantitative estimate of drug-likeness (QED) is 0.420. The van der Waals surface area contributed by atoms with Crippen LogP contribution < -0.4 is 9.62 Å². The Kier molecular flexibility index (Phi) is 5.81. The molecule has 1 fully saturated rings. The maximum atomic E-state index is 12.9. The van der Waals surface area contributed by atoms with Crippen LogP contribution in [0.5, 0.6) is 0 Å². The molecule has 1 N–H and O–H groups in total. The molecule has 1 amide bonds. The maximum absolute atomic E-state index is 12.9. The number of aromatic nitrogens is 4. The maximum Gasteiger partial charge on any atom is 0.264 e. The number of carbonyl (C=O) groups is 1. The van der Waals surface area contributed by atoms with Crippen LogP contribution >= 0.6 is 0 Å². The molecule has 35 heavy (non-hydrogen) atoms. The number of tetrazole rings is 1. The topological polar surface area (TPSA) is 110 Å². The summed E-state index contributed by atoms with van der Waals surface area (Å²) in [5.74, 6) is 0.366. The number of hydrogen-bond donors (Lipinski definition) is 1. The van der Waals surface area contributed by atoms with E-state index in [9.17, 15) is 13.2 Å². The van der Waals surface area contributed by atoms with Crippen molar-refractivity contribution >= 4 is 27.3 Å². The van der Waals surface area contributed by atoms with E-state index in [4.69, 9.17) is 0 Å². The highest BCUT2D eigenvalue weighted by Crippen LogP contribution is 2.36. The van der Waals surface area contributed by atoms with E-state index >= 15 is 0 Å². The van der Waals surface area contributed by atoms with Crippen molar-refractivity contribution in [2.24, 2.45) is 0 Å². The van der Waals surface area contributed by atoms with Gasteiger partial charge >= 0.3 is 0 Å². The van der Waals surface area contributed by atoms with Crippen LogP contribution in [0.4, 0.5) is 11.4 Å². The molecule has 1 heterocycles. The summed E-state index contributed by atoms with van der Waals surface area (Å²) in [6.07, 6.45) is 2.12. The molecule has 178 valence electrons. The second-order valence-electron chi connectivity index (χ2n) is 8.55. The van der Waals surface area contributed by atoms with E-state index in [1.807, 2.05) is 29.8 Å². The number of benzene rings is 3. The fourth-order valence-electron chi connectivity index (χ4n) is 3.72. The lowest BCUT2D eigenvalue weighted by Crippen LogP contribution is -2.26. The van der Waals surface area contributed by atoms with E-state index in [0.717, 1.165) is 24.0 Å². The summed E-state index contributed by atoms with van der Waals surface area (Å²) in [4.78, 5) is 13.0. The molecule has 3 aromatic carbocycles. The predicted molar refractivity (Wildman–Crippen MR) is 133 cm³/mol. The Morgan fingerprint density at radius 2 is 1.74 bits per heavy atom. The summed E-state index contributed by atoms with van der Waals surface area (Å²) in [6, 6.07) is 20.8. The fourth-order valence-corrected chi connectivity index (χ4v) is 4.91. The molecule has 0 aliphatic heterocycles. The molecule has 1 aliphatic rings. The summed E-state index contributed by atoms with van der Waals surface area (Å²) in [5, 5.41) is 14.9. The molecule has 1 aliphatic carbocycles. The zero-order valence-electron chi connectivity index (χ0n) is 19.3. The molecule has 0 bridgehead atoms. The SMILES string of the molecule is Cc1ccc(S(=O)(=O)N(C)c2ccc(C(=O)Nc3cccc(-c4nnnn4C4CC4)c3)cc2)cc1. The minimum absolute atomic E-state index is 0.208. The number of amides is 1. The van der Waals surface area contributed by atoms with Crippen molar-refractivity contribution in [3.63, 3.8) is 0 Å². The first kappa shape index (κ1) is 22.7. The van der Waals surface area contributed by atoms with Crippen LogP contribution in [-0.2, 0) is 10.0 Å². The van der Waals surface area contributed by atoms with Gasteiger partial charge in [-0.1, -0.05) is 29.8 Å². The lowest BCUT2D eigenvalue weighted by molar-refractivity contribution is 0.102. The molecule has 1 aromatic heterocycles. The molecule has 5 rings (SSSR count). The monoisotopic (exact) mass is 488 g/mol. The minimum atomic E-state index is -3.71. The van der Waals surface area contributed by atoms with Gasteiger partial charge in [-0.2, -0.15) is 0 Å². The van der Waals surface area contributed by atoms with Gasteiger partial charge in [0.2, 0.25) is 0 Å². The predicted octanol–water partition coefficient (Wildman–Crippen LogP) is 4.06. The Labute approximate surface area is 203 Å². The summed E-state index contributed by atoms with van der Waals surface area (Å²) in [7, 11) is -2.22. The van der Waals surface area contributed by atoms with Crippen LogP contribution in [0.15, 0.2) is 77.7 Å². The highest BCUT2D eigenvalue weighted by Gasteiger charge is 2.28. The minimum Gasteiger partial charge on any atom is -0.322 e. The van der Waals surface area contributed by atoms with Crippen molar-refractivity contribution in [3.05, 3.63) is 83.9 Å². The second-order valence-corrected chi connectivity index (χ2v) is 10.5. The third-order valence-corrected chi connectivity index (χ3v) is 7.74. The van der Waals surface area contributed by atoms with E-state index in [1.54, 1.807) is 54.6 Å². The van der Waals surface area contributed by atoms with Crippen LogP contribution in [-0.4, -0.2) is 41.6 Å². The van der Waals surface area contributed by atoms with E-state index in [2.05, 4.69) is 20.8 Å². The summed E-state index contributed by atoms with van der Waals surface area (Å²) in [5.41, 5.74) is 3.27. The molecular weight excluding hydrogens is 464 g/mol. The van der Waals surface area contributed by atoms with Crippen LogP contribution in [0.3, 0.4) is 0 Å². The summed E-state index contributed by atoms with van der Waals surface area (Å²) in [6.45, 7) is 1.90. The van der Waals surface area contributed by atoms with Gasteiger partial charge in [0.15, 0.2) is 5.82 Å². The number of hydrogen-bond acceptors (Lipinski definition) is 6. The Morgan fingerprint density at radius 1 is 1.03 bits per heavy atom. The van der Waals surface area contributed by atoms with E-state index < -0.39 is 10.0 Å². The molecular formula is C25H24N6O3S. The van der Waals surface area contributed by atoms with Crippen LogP contribution in [0, 0.1) is 6.92 Å². The van der Waals surface area contributed by atoms with Gasteiger partial charge in [0.25, 0.3) is 15.9 Å². The molecule has 0 radical (unpaired) electrons. The first-order chi connectivity index (χ1) is 16.8. The fraction of sp³-hybridized carbons (Fsp3) is 0.200. The van der Waals surface area contributed by atoms with Gasteiger partial charge in [-0.15, -0.1) is 5.10 Å². The molecule has 9 nitrogen and oxygen atoms in total. The third kappa shape index (κ3) is 4.65. The van der Waals surface area contributed by atoms with Gasteiger partial charge in [-0.3, -0.25) is 9.10 Å². The number of nitrogens with one attached hydrogen (secondary N) is 1. The average molecular weight is 489 g/mol. The zero-order valence-corrected chi connectivity index (χ0v) is 20.1. The first-order valence-corrected chi connectivity index (χ1v) is 12.6. The molecule has 0 spiro atoms.